The first-order valence-electron chi connectivity index (χ1n) is 12.4. The number of pyridine rings is 1. The van der Waals surface area contributed by atoms with Crippen LogP contribution in [-0.4, -0.2) is 51.2 Å². The van der Waals surface area contributed by atoms with Gasteiger partial charge in [-0.25, -0.2) is 5.48 Å². The number of amides is 2. The molecule has 0 unspecified atom stereocenters. The number of fused-ring (bicyclic) bond motifs is 1. The van der Waals surface area contributed by atoms with Gasteiger partial charge < -0.3 is 14.7 Å². The van der Waals surface area contributed by atoms with Crippen LogP contribution in [0.4, 0.5) is 0 Å². The summed E-state index contributed by atoms with van der Waals surface area (Å²) in [6.45, 7) is 3.25. The number of hydroxylamine groups is 1. The zero-order chi connectivity index (χ0) is 25.3. The van der Waals surface area contributed by atoms with Crippen LogP contribution in [0.25, 0.3) is 10.9 Å². The Kier molecular flexibility index (Phi) is 18.6. The van der Waals surface area contributed by atoms with Gasteiger partial charge in [0.25, 0.3) is 0 Å². The highest BCUT2D eigenvalue weighted by Gasteiger charge is 2.64. The summed E-state index contributed by atoms with van der Waals surface area (Å²) in [5.41, 5.74) is 4.77. The van der Waals surface area contributed by atoms with Crippen LogP contribution in [0.2, 0.25) is 0 Å². The molecule has 8 heteroatoms. The Morgan fingerprint density at radius 1 is 1.02 bits per heavy atom. The number of para-hydroxylation sites is 1. The number of hydrogen-bond acceptors (Lipinski definition) is 6. The summed E-state index contributed by atoms with van der Waals surface area (Å²) in [4.78, 5) is 31.8. The monoisotopic (exact) mass is 601 g/mol. The summed E-state index contributed by atoms with van der Waals surface area (Å²) < 4.78 is 6.09. The maximum Gasteiger partial charge on any atom is 0.247 e. The minimum Gasteiger partial charge on any atom is -0.489 e. The standard InChI is InChI=1S/C28H31N3O5.7CH4/c1-2-20-13-19(23-5-3-4-6-25(23)29-20)17-36-22-9-7-18(8-10-22)14-28(15-24(28)26(33)30-35)27(34)31-12-11-21(32)16-31;;;;;;;/h3-10,13,21,24,32,35H,2,11-12,14-17H2,1H3,(H,30,33);7*1H4/t21-,24+,28-;;;;;;;/m0......./s1. The number of ether oxygens (including phenoxy) is 1. The van der Waals surface area contributed by atoms with Crippen LogP contribution in [0, 0.1) is 11.3 Å². The van der Waals surface area contributed by atoms with Crippen molar-refractivity contribution in [3.8, 4) is 5.75 Å². The van der Waals surface area contributed by atoms with Gasteiger partial charge in [0.15, 0.2) is 0 Å². The smallest absolute Gasteiger partial charge is 0.247 e. The molecule has 2 amide bonds. The molecule has 2 heterocycles. The average molecular weight is 602 g/mol. The molecule has 244 valence electrons. The van der Waals surface area contributed by atoms with Crippen molar-refractivity contribution in [1.82, 2.24) is 15.4 Å². The van der Waals surface area contributed by atoms with Crippen molar-refractivity contribution < 1.29 is 24.6 Å². The van der Waals surface area contributed by atoms with E-state index in [1.165, 1.54) is 0 Å². The second kappa shape index (κ2) is 18.2. The molecule has 2 aromatic carbocycles. The molecule has 3 aromatic rings. The number of nitrogens with zero attached hydrogens (tertiary/aromatic N) is 2. The number of nitrogens with one attached hydrogen (secondary N) is 1. The molecule has 0 spiro atoms. The van der Waals surface area contributed by atoms with Gasteiger partial charge in [-0.1, -0.05) is 89.2 Å². The largest absolute Gasteiger partial charge is 0.489 e. The number of carbonyl (C=O) groups excluding carboxylic acids is 2. The van der Waals surface area contributed by atoms with Crippen LogP contribution in [0.3, 0.4) is 0 Å². The van der Waals surface area contributed by atoms with Crippen LogP contribution in [0.5, 0.6) is 5.75 Å². The van der Waals surface area contributed by atoms with Crippen LogP contribution in [0.15, 0.2) is 54.6 Å². The van der Waals surface area contributed by atoms with Crippen molar-refractivity contribution >= 4 is 22.7 Å². The molecular formula is C35H59N3O5. The Hall–Kier alpha value is -3.49. The zero-order valence-electron chi connectivity index (χ0n) is 20.3. The molecule has 1 saturated heterocycles. The van der Waals surface area contributed by atoms with Gasteiger partial charge in [0, 0.05) is 29.7 Å². The SMILES string of the molecule is C.C.C.C.C.C.C.CCc1cc(COc2ccc(C[C@]3(C(=O)N4CC[C@H](O)C4)C[C@@H]3C(=O)NO)cc2)c2ccccc2n1. The summed E-state index contributed by atoms with van der Waals surface area (Å²) in [6.07, 6.45) is 1.61. The summed E-state index contributed by atoms with van der Waals surface area (Å²) in [6, 6.07) is 17.7. The topological polar surface area (TPSA) is 112 Å². The number of aliphatic hydroxyl groups is 1. The third kappa shape index (κ3) is 9.00. The molecule has 1 saturated carbocycles. The lowest BCUT2D eigenvalue weighted by molar-refractivity contribution is -0.140. The quantitative estimate of drug-likeness (QED) is 0.182. The molecule has 1 aliphatic carbocycles. The average Bonchev–Trinajstić information content (AvgIpc) is 3.48. The van der Waals surface area contributed by atoms with Crippen LogP contribution >= 0.6 is 0 Å². The molecule has 3 atom stereocenters. The van der Waals surface area contributed by atoms with Gasteiger partial charge in [0.1, 0.15) is 12.4 Å². The van der Waals surface area contributed by atoms with Gasteiger partial charge in [-0.2, -0.15) is 0 Å². The number of benzene rings is 2. The van der Waals surface area contributed by atoms with E-state index < -0.39 is 23.3 Å². The van der Waals surface area contributed by atoms with E-state index in [4.69, 9.17) is 9.94 Å². The fraction of sp³-hybridized carbons (Fsp3) is 0.514. The first-order valence-corrected chi connectivity index (χ1v) is 12.4. The predicted molar refractivity (Wildman–Crippen MR) is 180 cm³/mol. The Morgan fingerprint density at radius 3 is 2.26 bits per heavy atom. The summed E-state index contributed by atoms with van der Waals surface area (Å²) >= 11 is 0. The van der Waals surface area contributed by atoms with E-state index >= 15 is 0 Å². The third-order valence-electron chi connectivity index (χ3n) is 7.43. The zero-order valence-corrected chi connectivity index (χ0v) is 20.3. The van der Waals surface area contributed by atoms with Crippen molar-refractivity contribution in [2.45, 2.75) is 97.3 Å². The lowest BCUT2D eigenvalue weighted by Gasteiger charge is -2.24. The van der Waals surface area contributed by atoms with E-state index in [-0.39, 0.29) is 64.4 Å². The van der Waals surface area contributed by atoms with Gasteiger partial charge in [0.05, 0.1) is 23.0 Å². The highest BCUT2D eigenvalue weighted by Crippen LogP contribution is 2.56. The lowest BCUT2D eigenvalue weighted by atomic mass is 9.92. The van der Waals surface area contributed by atoms with Gasteiger partial charge in [0.2, 0.25) is 11.8 Å². The molecular weight excluding hydrogens is 542 g/mol. The number of carbonyl (C=O) groups is 2. The summed E-state index contributed by atoms with van der Waals surface area (Å²) in [7, 11) is 0. The molecule has 0 bridgehead atoms. The van der Waals surface area contributed by atoms with Crippen molar-refractivity contribution in [2.75, 3.05) is 13.1 Å². The molecule has 1 aromatic heterocycles. The fourth-order valence-corrected chi connectivity index (χ4v) is 5.31. The van der Waals surface area contributed by atoms with Crippen molar-refractivity contribution in [2.24, 2.45) is 11.3 Å². The first kappa shape index (κ1) is 44.0. The van der Waals surface area contributed by atoms with Gasteiger partial charge in [-0.3, -0.25) is 19.8 Å². The molecule has 5 rings (SSSR count). The number of aromatic nitrogens is 1. The van der Waals surface area contributed by atoms with E-state index in [1.54, 1.807) is 10.4 Å². The first-order chi connectivity index (χ1) is 17.4. The predicted octanol–water partition coefficient (Wildman–Crippen LogP) is 7.48. The van der Waals surface area contributed by atoms with Crippen molar-refractivity contribution in [1.29, 1.82) is 0 Å². The fourth-order valence-electron chi connectivity index (χ4n) is 5.31. The van der Waals surface area contributed by atoms with E-state index in [2.05, 4.69) is 18.0 Å². The van der Waals surface area contributed by atoms with Crippen LogP contribution in [0.1, 0.15) is 88.6 Å². The van der Waals surface area contributed by atoms with Crippen LogP contribution < -0.4 is 10.2 Å². The minimum absolute atomic E-state index is 0. The normalized spacial score (nSPS) is 19.3. The number of rotatable bonds is 8. The van der Waals surface area contributed by atoms with E-state index in [1.807, 2.05) is 48.5 Å². The molecule has 2 fully saturated rings. The minimum atomic E-state index is -0.897. The highest BCUT2D eigenvalue weighted by atomic mass is 16.5. The van der Waals surface area contributed by atoms with Crippen molar-refractivity contribution in [3.05, 3.63) is 71.4 Å². The highest BCUT2D eigenvalue weighted by molar-refractivity contribution is 5.96. The van der Waals surface area contributed by atoms with Gasteiger partial charge in [-0.05, 0) is 55.5 Å². The molecule has 2 aliphatic rings. The number of aryl methyl sites for hydroxylation is 1. The number of hydrogen-bond donors (Lipinski definition) is 3. The van der Waals surface area contributed by atoms with Gasteiger partial charge >= 0.3 is 0 Å². The Balaban J connectivity index is -0.00000229. The molecule has 43 heavy (non-hydrogen) atoms. The lowest BCUT2D eigenvalue weighted by Crippen LogP contribution is -2.40. The second-order valence-corrected chi connectivity index (χ2v) is 9.84. The van der Waals surface area contributed by atoms with Gasteiger partial charge in [-0.15, -0.1) is 0 Å². The van der Waals surface area contributed by atoms with E-state index in [0.29, 0.717) is 38.2 Å². The summed E-state index contributed by atoms with van der Waals surface area (Å²) in [5, 5.41) is 20.1. The molecule has 8 nitrogen and oxygen atoms in total. The number of β-amino-alcohol motifs (C(OH)–C–C–N with tert-alkyl or cyclic N) is 1. The van der Waals surface area contributed by atoms with E-state index in [9.17, 15) is 14.7 Å². The van der Waals surface area contributed by atoms with Crippen molar-refractivity contribution in [3.63, 3.8) is 0 Å². The Labute approximate surface area is 261 Å². The summed E-state index contributed by atoms with van der Waals surface area (Å²) in [5.74, 6) is -0.555. The molecule has 1 aliphatic heterocycles. The number of aliphatic hydroxyl groups excluding tert-OH is 1. The maximum atomic E-state index is 13.3. The van der Waals surface area contributed by atoms with Crippen LogP contribution in [-0.2, 0) is 29.0 Å². The molecule has 3 N–H and O–H groups in total. The third-order valence-corrected chi connectivity index (χ3v) is 7.43. The Bertz CT molecular complexity index is 1280. The maximum absolute atomic E-state index is 13.3. The molecule has 0 radical (unpaired) electrons. The Morgan fingerprint density at radius 2 is 1.67 bits per heavy atom. The number of likely N-dealkylation sites (tertiary alicyclic amines) is 1. The second-order valence-electron chi connectivity index (χ2n) is 9.84. The van der Waals surface area contributed by atoms with E-state index in [0.717, 1.165) is 34.1 Å².